The number of aromatic nitrogens is 3. The number of carbonyl (C=O) groups is 1. The van der Waals surface area contributed by atoms with E-state index in [9.17, 15) is 4.79 Å². The first-order chi connectivity index (χ1) is 14.0. The molecule has 1 atom stereocenters. The summed E-state index contributed by atoms with van der Waals surface area (Å²) in [5.41, 5.74) is 1.90. The third-order valence-electron chi connectivity index (χ3n) is 4.19. The summed E-state index contributed by atoms with van der Waals surface area (Å²) in [6.45, 7) is 6.70. The van der Waals surface area contributed by atoms with Crippen molar-refractivity contribution in [3.63, 3.8) is 0 Å². The highest BCUT2D eigenvalue weighted by atomic mass is 79.9. The molecule has 152 valence electrons. The molecule has 2 aromatic carbocycles. The Bertz CT molecular complexity index is 975. The quantitative estimate of drug-likeness (QED) is 0.452. The SMILES string of the molecule is CCn1c(SCC(=O)Nc2ccc(Br)cc2)nnc1C(C)Oc1cccc(C)c1. The van der Waals surface area contributed by atoms with Gasteiger partial charge in [-0.15, -0.1) is 10.2 Å². The maximum Gasteiger partial charge on any atom is 0.234 e. The fraction of sp³-hybridized carbons (Fsp3) is 0.286. The molecule has 0 fully saturated rings. The van der Waals surface area contributed by atoms with Gasteiger partial charge >= 0.3 is 0 Å². The lowest BCUT2D eigenvalue weighted by Crippen LogP contribution is -2.15. The summed E-state index contributed by atoms with van der Waals surface area (Å²) >= 11 is 4.74. The van der Waals surface area contributed by atoms with Gasteiger partial charge in [-0.2, -0.15) is 0 Å². The summed E-state index contributed by atoms with van der Waals surface area (Å²) in [5.74, 6) is 1.70. The molecule has 0 aliphatic heterocycles. The molecule has 29 heavy (non-hydrogen) atoms. The number of halogens is 1. The molecule has 0 spiro atoms. The first-order valence-corrected chi connectivity index (χ1v) is 11.1. The van der Waals surface area contributed by atoms with Crippen molar-refractivity contribution in [1.29, 1.82) is 0 Å². The molecular formula is C21H23BrN4O2S. The number of benzene rings is 2. The maximum atomic E-state index is 12.3. The number of carbonyl (C=O) groups excluding carboxylic acids is 1. The maximum absolute atomic E-state index is 12.3. The van der Waals surface area contributed by atoms with Crippen molar-refractivity contribution in [2.24, 2.45) is 0 Å². The van der Waals surface area contributed by atoms with Crippen molar-refractivity contribution < 1.29 is 9.53 Å². The van der Waals surface area contributed by atoms with Gasteiger partial charge in [0, 0.05) is 16.7 Å². The van der Waals surface area contributed by atoms with Gasteiger partial charge in [0.05, 0.1) is 5.75 Å². The molecule has 0 aliphatic rings. The second-order valence-corrected chi connectivity index (χ2v) is 8.36. The van der Waals surface area contributed by atoms with E-state index >= 15 is 0 Å². The van der Waals surface area contributed by atoms with Crippen LogP contribution in [0.25, 0.3) is 0 Å². The Hall–Kier alpha value is -2.32. The highest BCUT2D eigenvalue weighted by Gasteiger charge is 2.19. The predicted molar refractivity (Wildman–Crippen MR) is 119 cm³/mol. The van der Waals surface area contributed by atoms with Gasteiger partial charge in [-0.05, 0) is 62.7 Å². The van der Waals surface area contributed by atoms with E-state index in [-0.39, 0.29) is 17.8 Å². The molecule has 0 radical (unpaired) electrons. The predicted octanol–water partition coefficient (Wildman–Crippen LogP) is 5.24. The van der Waals surface area contributed by atoms with E-state index in [1.807, 2.05) is 73.9 Å². The van der Waals surface area contributed by atoms with Crippen molar-refractivity contribution >= 4 is 39.3 Å². The van der Waals surface area contributed by atoms with E-state index in [1.165, 1.54) is 11.8 Å². The minimum atomic E-state index is -0.254. The highest BCUT2D eigenvalue weighted by molar-refractivity contribution is 9.10. The summed E-state index contributed by atoms with van der Waals surface area (Å²) in [6, 6.07) is 15.4. The molecule has 0 saturated heterocycles. The topological polar surface area (TPSA) is 69.0 Å². The number of anilines is 1. The number of thioether (sulfide) groups is 1. The molecular weight excluding hydrogens is 452 g/mol. The summed E-state index contributed by atoms with van der Waals surface area (Å²) in [5, 5.41) is 12.2. The van der Waals surface area contributed by atoms with Crippen molar-refractivity contribution in [3.8, 4) is 5.75 Å². The third-order valence-corrected chi connectivity index (χ3v) is 5.68. The molecule has 1 N–H and O–H groups in total. The van der Waals surface area contributed by atoms with Gasteiger partial charge in [0.15, 0.2) is 17.1 Å². The van der Waals surface area contributed by atoms with Crippen LogP contribution in [0, 0.1) is 6.92 Å². The lowest BCUT2D eigenvalue weighted by Gasteiger charge is -2.16. The standard InChI is InChI=1S/C21H23BrN4O2S/c1-4-26-20(15(3)28-18-7-5-6-14(2)12-18)24-25-21(26)29-13-19(27)23-17-10-8-16(22)9-11-17/h5-12,15H,4,13H2,1-3H3,(H,23,27). The summed E-state index contributed by atoms with van der Waals surface area (Å²) in [7, 11) is 0. The number of nitrogens with one attached hydrogen (secondary N) is 1. The molecule has 3 rings (SSSR count). The average molecular weight is 475 g/mol. The molecule has 1 amide bonds. The minimum Gasteiger partial charge on any atom is -0.483 e. The first kappa shape index (κ1) is 21.4. The van der Waals surface area contributed by atoms with Crippen LogP contribution < -0.4 is 10.1 Å². The fourth-order valence-corrected chi connectivity index (χ4v) is 3.88. The Morgan fingerprint density at radius 1 is 1.24 bits per heavy atom. The number of hydrogen-bond donors (Lipinski definition) is 1. The van der Waals surface area contributed by atoms with Crippen LogP contribution in [-0.4, -0.2) is 26.4 Å². The number of aryl methyl sites for hydroxylation is 1. The molecule has 0 aliphatic carbocycles. The molecule has 1 heterocycles. The number of hydrogen-bond acceptors (Lipinski definition) is 5. The number of amides is 1. The van der Waals surface area contributed by atoms with E-state index in [0.717, 1.165) is 27.3 Å². The number of nitrogens with zero attached hydrogens (tertiary/aromatic N) is 3. The van der Waals surface area contributed by atoms with Crippen LogP contribution in [0.1, 0.15) is 31.3 Å². The average Bonchev–Trinajstić information content (AvgIpc) is 3.11. The van der Waals surface area contributed by atoms with Gasteiger partial charge in [0.2, 0.25) is 5.91 Å². The molecule has 0 bridgehead atoms. The summed E-state index contributed by atoms with van der Waals surface area (Å²) in [6.07, 6.45) is -0.254. The Morgan fingerprint density at radius 2 is 2.00 bits per heavy atom. The lowest BCUT2D eigenvalue weighted by molar-refractivity contribution is -0.113. The van der Waals surface area contributed by atoms with Gasteiger partial charge in [-0.25, -0.2) is 0 Å². The second-order valence-electron chi connectivity index (χ2n) is 6.51. The molecule has 1 aromatic heterocycles. The van der Waals surface area contributed by atoms with Crippen molar-refractivity contribution in [2.45, 2.75) is 38.6 Å². The molecule has 0 saturated carbocycles. The second kappa shape index (κ2) is 9.93. The van der Waals surface area contributed by atoms with Crippen molar-refractivity contribution in [3.05, 3.63) is 64.4 Å². The zero-order valence-corrected chi connectivity index (χ0v) is 19.0. The van der Waals surface area contributed by atoms with E-state index in [4.69, 9.17) is 4.74 Å². The molecule has 6 nitrogen and oxygen atoms in total. The Kier molecular flexibility index (Phi) is 7.33. The van der Waals surface area contributed by atoms with Crippen molar-refractivity contribution in [2.75, 3.05) is 11.1 Å². The monoisotopic (exact) mass is 474 g/mol. The molecule has 1 unspecified atom stereocenters. The molecule has 3 aromatic rings. The van der Waals surface area contributed by atoms with Gasteiger partial charge in [0.25, 0.3) is 0 Å². The van der Waals surface area contributed by atoms with Crippen LogP contribution in [0.3, 0.4) is 0 Å². The van der Waals surface area contributed by atoms with Gasteiger partial charge in [-0.3, -0.25) is 4.79 Å². The van der Waals surface area contributed by atoms with Crippen LogP contribution in [0.2, 0.25) is 0 Å². The van der Waals surface area contributed by atoms with Crippen LogP contribution in [0.5, 0.6) is 5.75 Å². The van der Waals surface area contributed by atoms with Crippen LogP contribution >= 0.6 is 27.7 Å². The number of rotatable bonds is 8. The van der Waals surface area contributed by atoms with Crippen LogP contribution in [0.4, 0.5) is 5.69 Å². The van der Waals surface area contributed by atoms with Crippen LogP contribution in [-0.2, 0) is 11.3 Å². The smallest absolute Gasteiger partial charge is 0.234 e. The van der Waals surface area contributed by atoms with E-state index < -0.39 is 0 Å². The molecule has 8 heteroatoms. The fourth-order valence-electron chi connectivity index (χ4n) is 2.81. The van der Waals surface area contributed by atoms with Gasteiger partial charge in [0.1, 0.15) is 5.75 Å². The highest BCUT2D eigenvalue weighted by Crippen LogP contribution is 2.25. The zero-order chi connectivity index (χ0) is 20.8. The zero-order valence-electron chi connectivity index (χ0n) is 16.6. The van der Waals surface area contributed by atoms with E-state index in [2.05, 4.69) is 31.4 Å². The Morgan fingerprint density at radius 3 is 2.69 bits per heavy atom. The van der Waals surface area contributed by atoms with Crippen molar-refractivity contribution in [1.82, 2.24) is 14.8 Å². The largest absolute Gasteiger partial charge is 0.483 e. The van der Waals surface area contributed by atoms with Gasteiger partial charge in [-0.1, -0.05) is 39.8 Å². The van der Waals surface area contributed by atoms with Gasteiger partial charge < -0.3 is 14.6 Å². The third kappa shape index (κ3) is 5.83. The lowest BCUT2D eigenvalue weighted by atomic mass is 10.2. The van der Waals surface area contributed by atoms with Crippen LogP contribution in [0.15, 0.2) is 58.2 Å². The Labute approximate surface area is 183 Å². The normalized spacial score (nSPS) is 11.9. The van der Waals surface area contributed by atoms with E-state index in [1.54, 1.807) is 0 Å². The van der Waals surface area contributed by atoms with E-state index in [0.29, 0.717) is 11.7 Å². The first-order valence-electron chi connectivity index (χ1n) is 9.31. The summed E-state index contributed by atoms with van der Waals surface area (Å²) in [4.78, 5) is 12.3. The summed E-state index contributed by atoms with van der Waals surface area (Å²) < 4.78 is 8.99. The Balaban J connectivity index is 1.62. The number of ether oxygens (including phenoxy) is 1. The minimum absolute atomic E-state index is 0.0893.